The number of benzene rings is 2. The minimum absolute atomic E-state index is 0.0638. The Labute approximate surface area is 184 Å². The second-order valence-electron chi connectivity index (χ2n) is 7.63. The molecule has 0 saturated carbocycles. The minimum atomic E-state index is -3.75. The highest BCUT2D eigenvalue weighted by atomic mass is 35.5. The Balaban J connectivity index is 1.74. The summed E-state index contributed by atoms with van der Waals surface area (Å²) in [4.78, 5) is 11.4. The van der Waals surface area contributed by atoms with E-state index in [1.165, 1.54) is 46.8 Å². The van der Waals surface area contributed by atoms with E-state index in [1.54, 1.807) is 4.68 Å². The summed E-state index contributed by atoms with van der Waals surface area (Å²) in [7, 11) is -3.75. The van der Waals surface area contributed by atoms with Crippen molar-refractivity contribution in [1.82, 2.24) is 14.1 Å². The summed E-state index contributed by atoms with van der Waals surface area (Å²) in [5, 5.41) is 14.7. The molecule has 2 heterocycles. The van der Waals surface area contributed by atoms with E-state index >= 15 is 0 Å². The molecule has 0 radical (unpaired) electrons. The number of hydrogen-bond acceptors (Lipinski definition) is 4. The van der Waals surface area contributed by atoms with Crippen molar-refractivity contribution < 1.29 is 22.7 Å². The summed E-state index contributed by atoms with van der Waals surface area (Å²) in [6, 6.07) is 9.75. The molecule has 0 spiro atoms. The highest BCUT2D eigenvalue weighted by molar-refractivity contribution is 7.89. The first kappa shape index (κ1) is 21.7. The first-order chi connectivity index (χ1) is 14.7. The maximum absolute atomic E-state index is 14.0. The average Bonchev–Trinajstić information content (AvgIpc) is 3.29. The van der Waals surface area contributed by atoms with E-state index < -0.39 is 21.8 Å². The van der Waals surface area contributed by atoms with Crippen molar-refractivity contribution in [2.24, 2.45) is 5.92 Å². The topological polar surface area (TPSA) is 92.5 Å². The van der Waals surface area contributed by atoms with Crippen LogP contribution >= 0.6 is 11.6 Å². The van der Waals surface area contributed by atoms with Crippen LogP contribution in [0.5, 0.6) is 0 Å². The lowest BCUT2D eigenvalue weighted by Crippen LogP contribution is -2.29. The number of hydrogen-bond donors (Lipinski definition) is 1. The molecule has 2 atom stereocenters. The molecule has 1 aromatic heterocycles. The highest BCUT2D eigenvalue weighted by Crippen LogP contribution is 2.36. The van der Waals surface area contributed by atoms with Gasteiger partial charge in [0.15, 0.2) is 0 Å². The molecule has 0 aliphatic carbocycles. The van der Waals surface area contributed by atoms with E-state index in [2.05, 4.69) is 5.10 Å². The van der Waals surface area contributed by atoms with Crippen LogP contribution in [0.1, 0.15) is 25.1 Å². The molecule has 1 aliphatic rings. The highest BCUT2D eigenvalue weighted by Gasteiger charge is 2.40. The zero-order valence-electron chi connectivity index (χ0n) is 16.7. The Bertz CT molecular complexity index is 1240. The van der Waals surface area contributed by atoms with Crippen LogP contribution in [0.15, 0.2) is 47.4 Å². The SMILES string of the molecule is CC[C@@H]1CN(S(=O)(=O)c2ccc(Cl)cc2)C[C@@H]1n1nc(CC(=O)O)c2ccc(F)cc21. The summed E-state index contributed by atoms with van der Waals surface area (Å²) in [5.41, 5.74) is 0.793. The van der Waals surface area contributed by atoms with Crippen LogP contribution in [-0.4, -0.2) is 46.7 Å². The number of aromatic nitrogens is 2. The van der Waals surface area contributed by atoms with Gasteiger partial charge in [0.2, 0.25) is 10.0 Å². The van der Waals surface area contributed by atoms with Crippen LogP contribution < -0.4 is 0 Å². The van der Waals surface area contributed by atoms with E-state index in [1.807, 2.05) is 6.92 Å². The molecule has 31 heavy (non-hydrogen) atoms. The fourth-order valence-electron chi connectivity index (χ4n) is 4.15. The Hall–Kier alpha value is -2.49. The molecule has 0 bridgehead atoms. The molecule has 1 N–H and O–H groups in total. The summed E-state index contributed by atoms with van der Waals surface area (Å²) < 4.78 is 43.3. The third-order valence-corrected chi connectivity index (χ3v) is 7.83. The third-order valence-electron chi connectivity index (χ3n) is 5.73. The number of carboxylic acids is 1. The molecular weight excluding hydrogens is 445 g/mol. The number of aliphatic carboxylic acids is 1. The molecule has 3 aromatic rings. The van der Waals surface area contributed by atoms with Gasteiger partial charge in [0, 0.05) is 23.5 Å². The number of carboxylic acid groups (broad SMARTS) is 1. The van der Waals surface area contributed by atoms with Gasteiger partial charge in [0.05, 0.1) is 28.6 Å². The monoisotopic (exact) mass is 465 g/mol. The van der Waals surface area contributed by atoms with Crippen LogP contribution in [0.25, 0.3) is 10.9 Å². The molecule has 164 valence electrons. The van der Waals surface area contributed by atoms with Gasteiger partial charge >= 0.3 is 5.97 Å². The zero-order valence-corrected chi connectivity index (χ0v) is 18.3. The standard InChI is InChI=1S/C21H21ClFN3O4S/c1-2-13-11-25(31(29,30)16-6-3-14(22)4-7-16)12-20(13)26-19-9-15(23)5-8-17(19)18(24-26)10-21(27)28/h3-9,13,20H,2,10-12H2,1H3,(H,27,28)/t13-,20+/m1/s1. The second-order valence-corrected chi connectivity index (χ2v) is 10.0. The van der Waals surface area contributed by atoms with E-state index in [0.29, 0.717) is 28.0 Å². The van der Waals surface area contributed by atoms with Gasteiger partial charge in [0.1, 0.15) is 5.82 Å². The van der Waals surface area contributed by atoms with Crippen molar-refractivity contribution in [2.45, 2.75) is 30.7 Å². The van der Waals surface area contributed by atoms with Gasteiger partial charge in [-0.2, -0.15) is 9.40 Å². The Morgan fingerprint density at radius 1 is 1.23 bits per heavy atom. The first-order valence-corrected chi connectivity index (χ1v) is 11.7. The van der Waals surface area contributed by atoms with Crippen molar-refractivity contribution in [2.75, 3.05) is 13.1 Å². The lowest BCUT2D eigenvalue weighted by atomic mass is 10.0. The maximum atomic E-state index is 14.0. The molecule has 0 unspecified atom stereocenters. The molecule has 10 heteroatoms. The fraction of sp³-hybridized carbons (Fsp3) is 0.333. The molecular formula is C21H21ClFN3O4S. The van der Waals surface area contributed by atoms with E-state index in [4.69, 9.17) is 11.6 Å². The van der Waals surface area contributed by atoms with Gasteiger partial charge in [-0.15, -0.1) is 0 Å². The van der Waals surface area contributed by atoms with E-state index in [9.17, 15) is 22.7 Å². The summed E-state index contributed by atoms with van der Waals surface area (Å²) in [6.45, 7) is 2.40. The number of halogens is 2. The van der Waals surface area contributed by atoms with Gasteiger partial charge in [-0.05, 0) is 54.8 Å². The average molecular weight is 466 g/mol. The largest absolute Gasteiger partial charge is 0.481 e. The Morgan fingerprint density at radius 3 is 2.58 bits per heavy atom. The summed E-state index contributed by atoms with van der Waals surface area (Å²) >= 11 is 5.88. The fourth-order valence-corrected chi connectivity index (χ4v) is 5.79. The summed E-state index contributed by atoms with van der Waals surface area (Å²) in [5.74, 6) is -1.57. The van der Waals surface area contributed by atoms with Crippen LogP contribution in [0.2, 0.25) is 5.02 Å². The number of sulfonamides is 1. The number of fused-ring (bicyclic) bond motifs is 1. The van der Waals surface area contributed by atoms with E-state index in [-0.39, 0.29) is 36.4 Å². The lowest BCUT2D eigenvalue weighted by Gasteiger charge is -2.18. The molecule has 7 nitrogen and oxygen atoms in total. The van der Waals surface area contributed by atoms with Crippen molar-refractivity contribution in [1.29, 1.82) is 0 Å². The Morgan fingerprint density at radius 2 is 1.94 bits per heavy atom. The lowest BCUT2D eigenvalue weighted by molar-refractivity contribution is -0.136. The van der Waals surface area contributed by atoms with Gasteiger partial charge < -0.3 is 5.11 Å². The molecule has 1 aliphatic heterocycles. The van der Waals surface area contributed by atoms with Gasteiger partial charge in [-0.3, -0.25) is 9.48 Å². The van der Waals surface area contributed by atoms with Crippen molar-refractivity contribution in [3.05, 3.63) is 59.0 Å². The second kappa shape index (κ2) is 8.22. The van der Waals surface area contributed by atoms with Crippen molar-refractivity contribution in [3.8, 4) is 0 Å². The van der Waals surface area contributed by atoms with Crippen LogP contribution in [0, 0.1) is 11.7 Å². The number of carbonyl (C=O) groups is 1. The molecule has 1 fully saturated rings. The van der Waals surface area contributed by atoms with Crippen LogP contribution in [-0.2, 0) is 21.2 Å². The third kappa shape index (κ3) is 4.05. The quantitative estimate of drug-likeness (QED) is 0.598. The smallest absolute Gasteiger partial charge is 0.309 e. The summed E-state index contributed by atoms with van der Waals surface area (Å²) in [6.07, 6.45) is 0.383. The number of rotatable bonds is 6. The van der Waals surface area contributed by atoms with Gasteiger partial charge in [0.25, 0.3) is 0 Å². The predicted octanol–water partition coefficient (Wildman–Crippen LogP) is 3.73. The van der Waals surface area contributed by atoms with Crippen molar-refractivity contribution in [3.63, 3.8) is 0 Å². The van der Waals surface area contributed by atoms with Crippen LogP contribution in [0.4, 0.5) is 4.39 Å². The van der Waals surface area contributed by atoms with Crippen LogP contribution in [0.3, 0.4) is 0 Å². The Kier molecular flexibility index (Phi) is 5.76. The van der Waals surface area contributed by atoms with Crippen molar-refractivity contribution >= 4 is 38.5 Å². The molecule has 0 amide bonds. The number of nitrogens with zero attached hydrogens (tertiary/aromatic N) is 3. The maximum Gasteiger partial charge on any atom is 0.309 e. The van der Waals surface area contributed by atoms with Gasteiger partial charge in [-0.1, -0.05) is 18.5 Å². The predicted molar refractivity (Wildman–Crippen MR) is 114 cm³/mol. The van der Waals surface area contributed by atoms with Gasteiger partial charge in [-0.25, -0.2) is 12.8 Å². The molecule has 1 saturated heterocycles. The molecule has 2 aromatic carbocycles. The molecule has 4 rings (SSSR count). The minimum Gasteiger partial charge on any atom is -0.481 e. The van der Waals surface area contributed by atoms with E-state index in [0.717, 1.165) is 0 Å². The first-order valence-electron chi connectivity index (χ1n) is 9.85. The normalized spacial score (nSPS) is 19.8. The zero-order chi connectivity index (χ0) is 22.3.